The van der Waals surface area contributed by atoms with Crippen molar-refractivity contribution in [2.45, 2.75) is 6.54 Å². The zero-order valence-electron chi connectivity index (χ0n) is 14.6. The molecule has 4 rings (SSSR count). The minimum atomic E-state index is -0.259. The molecule has 27 heavy (non-hydrogen) atoms. The van der Waals surface area contributed by atoms with E-state index in [1.54, 1.807) is 12.1 Å². The highest BCUT2D eigenvalue weighted by molar-refractivity contribution is 6.08. The summed E-state index contributed by atoms with van der Waals surface area (Å²) >= 11 is 0. The van der Waals surface area contributed by atoms with Crippen molar-refractivity contribution < 1.29 is 13.9 Å². The van der Waals surface area contributed by atoms with Gasteiger partial charge in [0.25, 0.3) is 0 Å². The maximum absolute atomic E-state index is 13.1. The molecule has 3 nitrogen and oxygen atoms in total. The second-order valence-corrected chi connectivity index (χ2v) is 6.34. The molecule has 0 saturated heterocycles. The maximum Gasteiger partial charge on any atom is 0.202 e. The number of rotatable bonds is 6. The number of hydrogen-bond donors (Lipinski definition) is 0. The molecule has 0 unspecified atom stereocenters. The summed E-state index contributed by atoms with van der Waals surface area (Å²) in [5.41, 5.74) is 2.56. The summed E-state index contributed by atoms with van der Waals surface area (Å²) in [6, 6.07) is 23.5. The van der Waals surface area contributed by atoms with Gasteiger partial charge >= 0.3 is 0 Å². The molecule has 0 aliphatic heterocycles. The molecule has 0 saturated carbocycles. The second kappa shape index (κ2) is 7.46. The summed E-state index contributed by atoms with van der Waals surface area (Å²) in [5.74, 6) is 0.332. The number of ketones is 1. The van der Waals surface area contributed by atoms with Crippen LogP contribution < -0.4 is 4.74 Å². The summed E-state index contributed by atoms with van der Waals surface area (Å²) in [7, 11) is 0. The number of carbonyl (C=O) groups excluding carboxylic acids is 1. The molecule has 0 atom stereocenters. The average molecular weight is 359 g/mol. The van der Waals surface area contributed by atoms with E-state index in [4.69, 9.17) is 4.74 Å². The van der Waals surface area contributed by atoms with Crippen LogP contribution in [-0.2, 0) is 6.54 Å². The molecule has 3 aromatic carbocycles. The first-order chi connectivity index (χ1) is 13.2. The maximum atomic E-state index is 13.1. The predicted octanol–water partition coefficient (Wildman–Crippen LogP) is 5.09. The lowest BCUT2D eigenvalue weighted by Crippen LogP contribution is -2.11. The number of Topliss-reactive ketones (excluding diaryl/α,β-unsaturated/α-hetero) is 1. The highest BCUT2D eigenvalue weighted by Crippen LogP contribution is 2.23. The average Bonchev–Trinajstić information content (AvgIpc) is 3.07. The van der Waals surface area contributed by atoms with Gasteiger partial charge in [-0.2, -0.15) is 0 Å². The quantitative estimate of drug-likeness (QED) is 0.449. The van der Waals surface area contributed by atoms with Crippen LogP contribution >= 0.6 is 0 Å². The molecule has 0 spiro atoms. The van der Waals surface area contributed by atoms with E-state index in [2.05, 4.69) is 0 Å². The fraction of sp³-hybridized carbons (Fsp3) is 0.0870. The van der Waals surface area contributed by atoms with Gasteiger partial charge in [-0.05, 0) is 35.9 Å². The number of hydrogen-bond acceptors (Lipinski definition) is 2. The first-order valence-electron chi connectivity index (χ1n) is 8.74. The largest absolute Gasteiger partial charge is 0.485 e. The Morgan fingerprint density at radius 1 is 0.889 bits per heavy atom. The van der Waals surface area contributed by atoms with Crippen LogP contribution in [0.2, 0.25) is 0 Å². The topological polar surface area (TPSA) is 31.2 Å². The molecular formula is C23H18FNO2. The van der Waals surface area contributed by atoms with Crippen LogP contribution in [0.1, 0.15) is 15.9 Å². The van der Waals surface area contributed by atoms with Gasteiger partial charge in [-0.15, -0.1) is 0 Å². The van der Waals surface area contributed by atoms with E-state index in [1.165, 1.54) is 12.1 Å². The van der Waals surface area contributed by atoms with Gasteiger partial charge in [-0.25, -0.2) is 4.39 Å². The van der Waals surface area contributed by atoms with E-state index in [1.807, 2.05) is 65.4 Å². The fourth-order valence-electron chi connectivity index (χ4n) is 3.13. The fourth-order valence-corrected chi connectivity index (χ4v) is 3.13. The summed E-state index contributed by atoms with van der Waals surface area (Å²) in [6.45, 7) is 0.544. The Bertz CT molecular complexity index is 1070. The normalized spacial score (nSPS) is 10.9. The van der Waals surface area contributed by atoms with Crippen molar-refractivity contribution >= 4 is 16.7 Å². The summed E-state index contributed by atoms with van der Waals surface area (Å²) in [4.78, 5) is 12.8. The highest BCUT2D eigenvalue weighted by atomic mass is 19.1. The Labute approximate surface area is 156 Å². The summed E-state index contributed by atoms with van der Waals surface area (Å²) in [5, 5.41) is 0.890. The number of carbonyl (C=O) groups is 1. The summed E-state index contributed by atoms with van der Waals surface area (Å²) in [6.07, 6.45) is 1.85. The number of ether oxygens (including phenoxy) is 1. The molecule has 0 radical (unpaired) electrons. The minimum Gasteiger partial charge on any atom is -0.485 e. The van der Waals surface area contributed by atoms with Crippen molar-refractivity contribution in [3.63, 3.8) is 0 Å². The van der Waals surface area contributed by atoms with Crippen molar-refractivity contribution in [2.75, 3.05) is 6.61 Å². The Morgan fingerprint density at radius 3 is 2.37 bits per heavy atom. The first-order valence-corrected chi connectivity index (χ1v) is 8.74. The molecule has 1 aromatic heterocycles. The Hall–Kier alpha value is -3.40. The molecule has 134 valence electrons. The molecule has 0 aliphatic carbocycles. The molecule has 0 N–H and O–H groups in total. The summed E-state index contributed by atoms with van der Waals surface area (Å²) < 4.78 is 20.8. The van der Waals surface area contributed by atoms with E-state index < -0.39 is 0 Å². The van der Waals surface area contributed by atoms with Gasteiger partial charge in [0, 0.05) is 29.2 Å². The van der Waals surface area contributed by atoms with E-state index in [9.17, 15) is 9.18 Å². The third-order valence-corrected chi connectivity index (χ3v) is 4.47. The van der Waals surface area contributed by atoms with Crippen molar-refractivity contribution in [3.05, 3.63) is 102 Å². The van der Waals surface area contributed by atoms with Crippen LogP contribution in [-0.4, -0.2) is 17.0 Å². The van der Waals surface area contributed by atoms with Crippen LogP contribution in [0, 0.1) is 5.82 Å². The monoisotopic (exact) mass is 359 g/mol. The minimum absolute atomic E-state index is 0.0193. The number of para-hydroxylation sites is 2. The van der Waals surface area contributed by atoms with Gasteiger partial charge < -0.3 is 9.30 Å². The standard InChI is InChI=1S/C23H18FNO2/c24-18-12-10-17(11-13-18)14-25-15-21(20-8-4-5-9-22(20)25)23(26)16-27-19-6-2-1-3-7-19/h1-13,15H,14,16H2. The van der Waals surface area contributed by atoms with Gasteiger partial charge in [-0.1, -0.05) is 48.5 Å². The molecular weight excluding hydrogens is 341 g/mol. The van der Waals surface area contributed by atoms with Crippen molar-refractivity contribution in [2.24, 2.45) is 0 Å². The number of fused-ring (bicyclic) bond motifs is 1. The van der Waals surface area contributed by atoms with Crippen LogP contribution in [0.5, 0.6) is 5.75 Å². The lowest BCUT2D eigenvalue weighted by atomic mass is 10.1. The molecule has 4 heteroatoms. The number of benzene rings is 3. The zero-order valence-corrected chi connectivity index (χ0v) is 14.6. The van der Waals surface area contributed by atoms with Gasteiger partial charge in [0.1, 0.15) is 11.6 Å². The molecule has 0 amide bonds. The van der Waals surface area contributed by atoms with Crippen LogP contribution in [0.25, 0.3) is 10.9 Å². The van der Waals surface area contributed by atoms with Crippen molar-refractivity contribution in [1.29, 1.82) is 0 Å². The lowest BCUT2D eigenvalue weighted by Gasteiger charge is -2.05. The van der Waals surface area contributed by atoms with Gasteiger partial charge in [-0.3, -0.25) is 4.79 Å². The second-order valence-electron chi connectivity index (χ2n) is 6.34. The number of aromatic nitrogens is 1. The third kappa shape index (κ3) is 3.75. The Balaban J connectivity index is 1.61. The molecule has 0 aliphatic rings. The molecule has 1 heterocycles. The smallest absolute Gasteiger partial charge is 0.202 e. The SMILES string of the molecule is O=C(COc1ccccc1)c1cn(Cc2ccc(F)cc2)c2ccccc12. The third-order valence-electron chi connectivity index (χ3n) is 4.47. The highest BCUT2D eigenvalue weighted by Gasteiger charge is 2.15. The van der Waals surface area contributed by atoms with Gasteiger partial charge in [0.15, 0.2) is 6.61 Å². The van der Waals surface area contributed by atoms with Crippen molar-refractivity contribution in [1.82, 2.24) is 4.57 Å². The van der Waals surface area contributed by atoms with E-state index >= 15 is 0 Å². The van der Waals surface area contributed by atoms with E-state index in [-0.39, 0.29) is 18.2 Å². The van der Waals surface area contributed by atoms with Crippen LogP contribution in [0.3, 0.4) is 0 Å². The van der Waals surface area contributed by atoms with Gasteiger partial charge in [0.05, 0.1) is 0 Å². The molecule has 0 fully saturated rings. The Morgan fingerprint density at radius 2 is 1.59 bits per heavy atom. The van der Waals surface area contributed by atoms with E-state index in [0.29, 0.717) is 17.9 Å². The first kappa shape index (κ1) is 17.0. The van der Waals surface area contributed by atoms with Gasteiger partial charge in [0.2, 0.25) is 5.78 Å². The molecule has 4 aromatic rings. The predicted molar refractivity (Wildman–Crippen MR) is 104 cm³/mol. The molecule has 0 bridgehead atoms. The zero-order chi connectivity index (χ0) is 18.6. The van der Waals surface area contributed by atoms with Crippen LogP contribution in [0.4, 0.5) is 4.39 Å². The van der Waals surface area contributed by atoms with Crippen molar-refractivity contribution in [3.8, 4) is 5.75 Å². The Kier molecular flexibility index (Phi) is 4.71. The van der Waals surface area contributed by atoms with Crippen LogP contribution in [0.15, 0.2) is 85.1 Å². The number of nitrogens with zero attached hydrogens (tertiary/aromatic N) is 1. The van der Waals surface area contributed by atoms with E-state index in [0.717, 1.165) is 16.5 Å². The number of halogens is 1. The lowest BCUT2D eigenvalue weighted by molar-refractivity contribution is 0.0923.